The van der Waals surface area contributed by atoms with Crippen molar-refractivity contribution in [2.24, 2.45) is 0 Å². The number of nitrogens with zero attached hydrogens (tertiary/aromatic N) is 1. The van der Waals surface area contributed by atoms with Gasteiger partial charge in [-0.1, -0.05) is 42.5 Å². The Balaban J connectivity index is 1.98. The van der Waals surface area contributed by atoms with E-state index in [1.807, 2.05) is 30.3 Å². The lowest BCUT2D eigenvalue weighted by atomic mass is 9.96. The predicted molar refractivity (Wildman–Crippen MR) is 126 cm³/mol. The lowest BCUT2D eigenvalue weighted by Gasteiger charge is -2.24. The summed E-state index contributed by atoms with van der Waals surface area (Å²) < 4.78 is 0. The Morgan fingerprint density at radius 2 is 1.37 bits per heavy atom. The van der Waals surface area contributed by atoms with Crippen molar-refractivity contribution in [2.45, 2.75) is 19.5 Å². The summed E-state index contributed by atoms with van der Waals surface area (Å²) in [7, 11) is 0. The van der Waals surface area contributed by atoms with Gasteiger partial charge in [0, 0.05) is 19.6 Å². The first-order valence-electron chi connectivity index (χ1n) is 10.6. The van der Waals surface area contributed by atoms with Gasteiger partial charge in [0.1, 0.15) is 0 Å². The van der Waals surface area contributed by atoms with Crippen LogP contribution in [-0.2, 0) is 17.9 Å². The third-order valence-corrected chi connectivity index (χ3v) is 5.43. The molecule has 0 saturated carbocycles. The fraction of sp³-hybridized carbons (Fsp3) is 0.154. The number of carboxylic acids is 4. The minimum absolute atomic E-state index is 0.111. The van der Waals surface area contributed by atoms with Crippen molar-refractivity contribution in [3.63, 3.8) is 0 Å². The van der Waals surface area contributed by atoms with Gasteiger partial charge >= 0.3 is 23.9 Å². The van der Waals surface area contributed by atoms with Gasteiger partial charge in [0.2, 0.25) is 0 Å². The smallest absolute Gasteiger partial charge is 0.336 e. The summed E-state index contributed by atoms with van der Waals surface area (Å²) in [5, 5.41) is 37.3. The van der Waals surface area contributed by atoms with Crippen LogP contribution in [-0.4, -0.2) is 55.7 Å². The van der Waals surface area contributed by atoms with E-state index in [4.69, 9.17) is 0 Å². The van der Waals surface area contributed by atoms with Gasteiger partial charge in [-0.2, -0.15) is 0 Å². The summed E-state index contributed by atoms with van der Waals surface area (Å²) in [4.78, 5) is 47.5. The number of carbonyl (C=O) groups is 4. The first kappa shape index (κ1) is 25.1. The molecule has 0 aliphatic carbocycles. The lowest BCUT2D eigenvalue weighted by Crippen LogP contribution is -2.26. The largest absolute Gasteiger partial charge is 0.481 e. The Labute approximate surface area is 200 Å². The van der Waals surface area contributed by atoms with E-state index in [0.717, 1.165) is 11.1 Å². The Morgan fingerprint density at radius 1 is 0.686 bits per heavy atom. The molecule has 0 spiro atoms. The zero-order chi connectivity index (χ0) is 25.5. The highest BCUT2D eigenvalue weighted by Crippen LogP contribution is 2.27. The molecule has 180 valence electrons. The van der Waals surface area contributed by atoms with Gasteiger partial charge < -0.3 is 20.4 Å². The van der Waals surface area contributed by atoms with Crippen LogP contribution >= 0.6 is 0 Å². The van der Waals surface area contributed by atoms with Gasteiger partial charge in [-0.3, -0.25) is 9.69 Å². The molecule has 0 unspecified atom stereocenters. The molecule has 4 N–H and O–H groups in total. The summed E-state index contributed by atoms with van der Waals surface area (Å²) in [6.45, 7) is 0.538. The molecule has 0 aromatic heterocycles. The molecule has 9 heteroatoms. The summed E-state index contributed by atoms with van der Waals surface area (Å²) in [6.07, 6.45) is -0.174. The van der Waals surface area contributed by atoms with Crippen molar-refractivity contribution < 1.29 is 39.6 Å². The topological polar surface area (TPSA) is 152 Å². The van der Waals surface area contributed by atoms with Crippen molar-refractivity contribution in [3.05, 3.63) is 94.5 Å². The monoisotopic (exact) mass is 477 g/mol. The summed E-state index contributed by atoms with van der Waals surface area (Å²) in [5.41, 5.74) is 2.15. The van der Waals surface area contributed by atoms with Crippen LogP contribution in [0.5, 0.6) is 0 Å². The van der Waals surface area contributed by atoms with E-state index in [-0.39, 0.29) is 42.7 Å². The van der Waals surface area contributed by atoms with Crippen LogP contribution in [0.2, 0.25) is 0 Å². The van der Waals surface area contributed by atoms with Crippen LogP contribution in [0.15, 0.2) is 66.7 Å². The molecule has 0 atom stereocenters. The second kappa shape index (κ2) is 11.1. The number of hydrogen-bond acceptors (Lipinski definition) is 5. The van der Waals surface area contributed by atoms with E-state index < -0.39 is 23.9 Å². The van der Waals surface area contributed by atoms with Crippen LogP contribution in [0, 0.1) is 0 Å². The molecule has 3 aromatic carbocycles. The molecule has 0 fully saturated rings. The summed E-state index contributed by atoms with van der Waals surface area (Å²) in [6, 6.07) is 17.9. The van der Waals surface area contributed by atoms with Gasteiger partial charge in [0.05, 0.1) is 23.1 Å². The van der Waals surface area contributed by atoms with Crippen LogP contribution < -0.4 is 0 Å². The maximum absolute atomic E-state index is 11.6. The van der Waals surface area contributed by atoms with E-state index >= 15 is 0 Å². The number of rotatable bonds is 11. The van der Waals surface area contributed by atoms with Gasteiger partial charge in [0.25, 0.3) is 0 Å². The number of hydrogen-bond donors (Lipinski definition) is 4. The summed E-state index contributed by atoms with van der Waals surface area (Å²) in [5.74, 6) is -4.82. The minimum Gasteiger partial charge on any atom is -0.481 e. The number of carboxylic acid groups (broad SMARTS) is 4. The molecular formula is C26H23NO8. The maximum Gasteiger partial charge on any atom is 0.336 e. The normalized spacial score (nSPS) is 10.8. The van der Waals surface area contributed by atoms with E-state index in [1.54, 1.807) is 17.0 Å². The van der Waals surface area contributed by atoms with Crippen LogP contribution in [0.4, 0.5) is 0 Å². The van der Waals surface area contributed by atoms with Gasteiger partial charge in [-0.05, 0) is 46.5 Å². The van der Waals surface area contributed by atoms with Gasteiger partial charge in [0.15, 0.2) is 0 Å². The van der Waals surface area contributed by atoms with Crippen molar-refractivity contribution in [3.8, 4) is 11.1 Å². The van der Waals surface area contributed by atoms with Gasteiger partial charge in [-0.15, -0.1) is 0 Å². The zero-order valence-electron chi connectivity index (χ0n) is 18.5. The van der Waals surface area contributed by atoms with E-state index in [9.17, 15) is 39.6 Å². The van der Waals surface area contributed by atoms with Gasteiger partial charge in [-0.25, -0.2) is 14.4 Å². The third kappa shape index (κ3) is 6.52. The second-order valence-electron chi connectivity index (χ2n) is 7.89. The highest BCUT2D eigenvalue weighted by molar-refractivity contribution is 6.01. The van der Waals surface area contributed by atoms with Crippen molar-refractivity contribution in [2.75, 3.05) is 6.54 Å². The molecule has 0 saturated heterocycles. The van der Waals surface area contributed by atoms with E-state index in [2.05, 4.69) is 0 Å². The van der Waals surface area contributed by atoms with Crippen molar-refractivity contribution in [1.29, 1.82) is 0 Å². The fourth-order valence-corrected chi connectivity index (χ4v) is 3.75. The quantitative estimate of drug-likeness (QED) is 0.322. The molecule has 9 nitrogen and oxygen atoms in total. The third-order valence-electron chi connectivity index (χ3n) is 5.43. The Hall–Kier alpha value is -4.50. The zero-order valence-corrected chi connectivity index (χ0v) is 18.5. The number of aromatic carboxylic acids is 3. The highest BCUT2D eigenvalue weighted by atomic mass is 16.4. The molecule has 3 rings (SSSR count). The molecule has 0 radical (unpaired) electrons. The molecule has 35 heavy (non-hydrogen) atoms. The molecule has 0 bridgehead atoms. The molecular weight excluding hydrogens is 454 g/mol. The second-order valence-corrected chi connectivity index (χ2v) is 7.89. The number of benzene rings is 3. The number of aliphatic carboxylic acids is 1. The summed E-state index contributed by atoms with van der Waals surface area (Å²) >= 11 is 0. The van der Waals surface area contributed by atoms with Crippen LogP contribution in [0.3, 0.4) is 0 Å². The average molecular weight is 477 g/mol. The molecule has 0 aliphatic heterocycles. The van der Waals surface area contributed by atoms with Crippen molar-refractivity contribution >= 4 is 23.9 Å². The molecule has 0 amide bonds. The highest BCUT2D eigenvalue weighted by Gasteiger charge is 2.19. The molecule has 3 aromatic rings. The lowest BCUT2D eigenvalue weighted by molar-refractivity contribution is -0.137. The predicted octanol–water partition coefficient (Wildman–Crippen LogP) is 3.93. The average Bonchev–Trinajstić information content (AvgIpc) is 2.82. The Morgan fingerprint density at radius 3 is 1.97 bits per heavy atom. The first-order chi connectivity index (χ1) is 16.7. The Bertz CT molecular complexity index is 1270. The standard InChI is InChI=1S/C26H23NO8/c28-23(29)10-11-27(14-16-6-9-20(25(32)33)22(12-16)26(34)35)15-19-8-7-18(24(30)31)13-21(19)17-4-2-1-3-5-17/h1-9,12-13H,10-11,14-15H2,(H,28,29)(H,30,31)(H,32,33)(H,34,35). The molecule has 0 heterocycles. The van der Waals surface area contributed by atoms with E-state index in [0.29, 0.717) is 11.1 Å². The van der Waals surface area contributed by atoms with Crippen molar-refractivity contribution in [1.82, 2.24) is 4.90 Å². The minimum atomic E-state index is -1.38. The fourth-order valence-electron chi connectivity index (χ4n) is 3.75. The SMILES string of the molecule is O=C(O)CCN(Cc1ccc(C(=O)O)c(C(=O)O)c1)Cc1ccc(C(=O)O)cc1-c1ccccc1. The first-order valence-corrected chi connectivity index (χ1v) is 10.6. The van der Waals surface area contributed by atoms with E-state index in [1.165, 1.54) is 24.3 Å². The van der Waals surface area contributed by atoms with Crippen LogP contribution in [0.1, 0.15) is 48.6 Å². The molecule has 0 aliphatic rings. The Kier molecular flexibility index (Phi) is 7.96. The maximum atomic E-state index is 11.6. The van der Waals surface area contributed by atoms with Crippen LogP contribution in [0.25, 0.3) is 11.1 Å².